The predicted molar refractivity (Wildman–Crippen MR) is 71.1 cm³/mol. The number of hydrogen-bond donors (Lipinski definition) is 1. The zero-order valence-electron chi connectivity index (χ0n) is 10.4. The molecule has 0 aromatic carbocycles. The van der Waals surface area contributed by atoms with E-state index in [4.69, 9.17) is 0 Å². The van der Waals surface area contributed by atoms with Crippen LogP contribution in [0.4, 0.5) is 0 Å². The van der Waals surface area contributed by atoms with Gasteiger partial charge in [-0.15, -0.1) is 0 Å². The van der Waals surface area contributed by atoms with Crippen LogP contribution in [0.1, 0.15) is 32.1 Å². The van der Waals surface area contributed by atoms with Crippen molar-refractivity contribution in [2.75, 3.05) is 32.4 Å². The minimum absolute atomic E-state index is 0.630. The molecule has 16 heavy (non-hydrogen) atoms. The third kappa shape index (κ3) is 2.27. The number of hydrogen-bond acceptors (Lipinski definition) is 3. The lowest BCUT2D eigenvalue weighted by Crippen LogP contribution is -2.56. The van der Waals surface area contributed by atoms with E-state index in [1.807, 2.05) is 0 Å². The molecule has 3 heteroatoms. The highest BCUT2D eigenvalue weighted by atomic mass is 32.2. The van der Waals surface area contributed by atoms with Crippen LogP contribution in [0.3, 0.4) is 0 Å². The van der Waals surface area contributed by atoms with E-state index in [1.165, 1.54) is 58.3 Å². The summed E-state index contributed by atoms with van der Waals surface area (Å²) in [4.78, 5) is 2.73. The normalized spacial score (nSPS) is 34.7. The summed E-state index contributed by atoms with van der Waals surface area (Å²) in [6.45, 7) is 5.14. The summed E-state index contributed by atoms with van der Waals surface area (Å²) < 4.78 is 0.630. The molecular formula is C13H24N2S. The van der Waals surface area contributed by atoms with Gasteiger partial charge in [0.05, 0.1) is 0 Å². The largest absolute Gasteiger partial charge is 0.311 e. The molecule has 0 aromatic heterocycles. The fourth-order valence-corrected chi connectivity index (χ4v) is 4.21. The van der Waals surface area contributed by atoms with Gasteiger partial charge >= 0.3 is 0 Å². The van der Waals surface area contributed by atoms with Crippen LogP contribution in [0.5, 0.6) is 0 Å². The van der Waals surface area contributed by atoms with Crippen molar-refractivity contribution in [3.8, 4) is 0 Å². The average molecular weight is 240 g/mol. The summed E-state index contributed by atoms with van der Waals surface area (Å²) in [5, 5.41) is 3.70. The molecule has 2 aliphatic carbocycles. The molecule has 0 amide bonds. The van der Waals surface area contributed by atoms with Gasteiger partial charge in [-0.2, -0.15) is 11.8 Å². The van der Waals surface area contributed by atoms with Gasteiger partial charge in [-0.25, -0.2) is 0 Å². The monoisotopic (exact) mass is 240 g/mol. The molecule has 1 N–H and O–H groups in total. The predicted octanol–water partition coefficient (Wildman–Crippen LogP) is 1.96. The molecule has 3 aliphatic rings. The molecule has 1 atom stereocenters. The molecule has 1 heterocycles. The van der Waals surface area contributed by atoms with Crippen LogP contribution >= 0.6 is 11.8 Å². The molecule has 0 aromatic rings. The van der Waals surface area contributed by atoms with E-state index in [-0.39, 0.29) is 0 Å². The van der Waals surface area contributed by atoms with Gasteiger partial charge in [0.15, 0.2) is 0 Å². The van der Waals surface area contributed by atoms with Gasteiger partial charge < -0.3 is 5.32 Å². The Morgan fingerprint density at radius 3 is 2.75 bits per heavy atom. The van der Waals surface area contributed by atoms with Crippen molar-refractivity contribution in [2.45, 2.75) is 42.9 Å². The molecule has 2 saturated carbocycles. The molecular weight excluding hydrogens is 216 g/mol. The smallest absolute Gasteiger partial charge is 0.0284 e. The maximum atomic E-state index is 3.70. The summed E-state index contributed by atoms with van der Waals surface area (Å²) in [7, 11) is 0. The average Bonchev–Trinajstić information content (AvgIpc) is 3.08. The molecule has 2 nitrogen and oxygen atoms in total. The zero-order valence-corrected chi connectivity index (χ0v) is 11.2. The first kappa shape index (κ1) is 11.4. The Hall–Kier alpha value is 0.270. The van der Waals surface area contributed by atoms with E-state index in [9.17, 15) is 0 Å². The summed E-state index contributed by atoms with van der Waals surface area (Å²) in [5.41, 5.74) is 0. The molecule has 1 aliphatic heterocycles. The van der Waals surface area contributed by atoms with Crippen molar-refractivity contribution in [3.05, 3.63) is 0 Å². The summed E-state index contributed by atoms with van der Waals surface area (Å²) in [5.74, 6) is 1.01. The number of thioether (sulfide) groups is 1. The van der Waals surface area contributed by atoms with Gasteiger partial charge in [0, 0.05) is 37.0 Å². The van der Waals surface area contributed by atoms with E-state index >= 15 is 0 Å². The quantitative estimate of drug-likeness (QED) is 0.809. The topological polar surface area (TPSA) is 15.3 Å². The first-order chi connectivity index (χ1) is 7.81. The Kier molecular flexibility index (Phi) is 3.20. The highest BCUT2D eigenvalue weighted by Crippen LogP contribution is 2.43. The third-order valence-corrected chi connectivity index (χ3v) is 6.09. The van der Waals surface area contributed by atoms with E-state index in [0.29, 0.717) is 4.75 Å². The molecule has 1 unspecified atom stereocenters. The molecule has 92 valence electrons. The van der Waals surface area contributed by atoms with E-state index in [2.05, 4.69) is 28.2 Å². The van der Waals surface area contributed by atoms with Crippen molar-refractivity contribution in [3.63, 3.8) is 0 Å². The number of nitrogens with one attached hydrogen (secondary N) is 1. The second-order valence-electron chi connectivity index (χ2n) is 5.87. The molecule has 0 bridgehead atoms. The second-order valence-corrected chi connectivity index (χ2v) is 7.15. The van der Waals surface area contributed by atoms with E-state index < -0.39 is 0 Å². The molecule has 3 fully saturated rings. The van der Waals surface area contributed by atoms with Gasteiger partial charge in [-0.3, -0.25) is 4.90 Å². The summed E-state index contributed by atoms with van der Waals surface area (Å²) in [6.07, 6.45) is 9.61. The van der Waals surface area contributed by atoms with Crippen molar-refractivity contribution in [1.29, 1.82) is 0 Å². The van der Waals surface area contributed by atoms with Crippen molar-refractivity contribution in [2.24, 2.45) is 5.92 Å². The maximum Gasteiger partial charge on any atom is 0.0284 e. The zero-order chi connectivity index (χ0) is 11.0. The van der Waals surface area contributed by atoms with Crippen LogP contribution in [-0.2, 0) is 0 Å². The van der Waals surface area contributed by atoms with Crippen LogP contribution < -0.4 is 5.32 Å². The third-order valence-electron chi connectivity index (χ3n) is 4.69. The number of piperazine rings is 1. The van der Waals surface area contributed by atoms with E-state index in [1.54, 1.807) is 0 Å². The van der Waals surface area contributed by atoms with E-state index in [0.717, 1.165) is 12.0 Å². The van der Waals surface area contributed by atoms with Crippen LogP contribution in [0.2, 0.25) is 0 Å². The van der Waals surface area contributed by atoms with Crippen molar-refractivity contribution in [1.82, 2.24) is 10.2 Å². The second kappa shape index (κ2) is 4.51. The van der Waals surface area contributed by atoms with Gasteiger partial charge in [-0.1, -0.05) is 6.42 Å². The van der Waals surface area contributed by atoms with Crippen LogP contribution in [-0.4, -0.2) is 48.1 Å². The Balaban J connectivity index is 1.53. The lowest BCUT2D eigenvalue weighted by Gasteiger charge is -2.46. The molecule has 0 radical (unpaired) electrons. The van der Waals surface area contributed by atoms with Gasteiger partial charge in [-0.05, 0) is 37.9 Å². The van der Waals surface area contributed by atoms with Crippen LogP contribution in [0, 0.1) is 5.92 Å². The number of rotatable bonds is 4. The first-order valence-corrected chi connectivity index (χ1v) is 8.05. The lowest BCUT2D eigenvalue weighted by atomic mass is 9.83. The standard InChI is InChI=1S/C13H24N2S/c1-16-13(5-2-6-13)10-15-8-7-14-12(9-15)11-3-4-11/h11-12,14H,2-10H2,1H3. The Labute approximate surface area is 104 Å². The van der Waals surface area contributed by atoms with Gasteiger partial charge in [0.25, 0.3) is 0 Å². The Morgan fingerprint density at radius 1 is 1.38 bits per heavy atom. The maximum absolute atomic E-state index is 3.70. The highest BCUT2D eigenvalue weighted by Gasteiger charge is 2.40. The van der Waals surface area contributed by atoms with Gasteiger partial charge in [0.1, 0.15) is 0 Å². The Morgan fingerprint density at radius 2 is 2.19 bits per heavy atom. The lowest BCUT2D eigenvalue weighted by molar-refractivity contribution is 0.150. The van der Waals surface area contributed by atoms with Crippen LogP contribution in [0.15, 0.2) is 0 Å². The van der Waals surface area contributed by atoms with Crippen molar-refractivity contribution >= 4 is 11.8 Å². The fourth-order valence-electron chi connectivity index (χ4n) is 3.21. The van der Waals surface area contributed by atoms with Crippen LogP contribution in [0.25, 0.3) is 0 Å². The Bertz CT molecular complexity index is 243. The summed E-state index contributed by atoms with van der Waals surface area (Å²) >= 11 is 2.12. The molecule has 3 rings (SSSR count). The number of nitrogens with zero attached hydrogens (tertiary/aromatic N) is 1. The van der Waals surface area contributed by atoms with Crippen molar-refractivity contribution < 1.29 is 0 Å². The van der Waals surface area contributed by atoms with Gasteiger partial charge in [0.2, 0.25) is 0 Å². The molecule has 1 saturated heterocycles. The molecule has 0 spiro atoms. The SMILES string of the molecule is CSC1(CN2CCNC(C3CC3)C2)CCC1. The first-order valence-electron chi connectivity index (χ1n) is 6.82. The minimum Gasteiger partial charge on any atom is -0.311 e. The minimum atomic E-state index is 0.630. The summed E-state index contributed by atoms with van der Waals surface area (Å²) in [6, 6.07) is 0.813. The fraction of sp³-hybridized carbons (Fsp3) is 1.00. The highest BCUT2D eigenvalue weighted by molar-refractivity contribution is 8.00.